The highest BCUT2D eigenvalue weighted by molar-refractivity contribution is 4.93. The summed E-state index contributed by atoms with van der Waals surface area (Å²) < 4.78 is 0. The van der Waals surface area contributed by atoms with Crippen LogP contribution in [0, 0.1) is 5.92 Å². The number of hydrogen-bond donors (Lipinski definition) is 1. The molecule has 0 aromatic heterocycles. The second-order valence-corrected chi connectivity index (χ2v) is 5.73. The molecule has 3 aliphatic rings. The van der Waals surface area contributed by atoms with E-state index in [0.717, 1.165) is 18.0 Å². The lowest BCUT2D eigenvalue weighted by Gasteiger charge is -2.30. The molecule has 1 heterocycles. The summed E-state index contributed by atoms with van der Waals surface area (Å²) in [5.74, 6) is 1.03. The molecule has 2 nitrogen and oxygen atoms in total. The number of hydrogen-bond acceptors (Lipinski definition) is 2. The van der Waals surface area contributed by atoms with Gasteiger partial charge in [0.1, 0.15) is 0 Å². The van der Waals surface area contributed by atoms with E-state index in [0.29, 0.717) is 0 Å². The fourth-order valence-corrected chi connectivity index (χ4v) is 3.42. The molecule has 0 amide bonds. The van der Waals surface area contributed by atoms with E-state index in [4.69, 9.17) is 0 Å². The van der Waals surface area contributed by atoms with Crippen LogP contribution in [0.25, 0.3) is 0 Å². The van der Waals surface area contributed by atoms with Gasteiger partial charge in [0.2, 0.25) is 0 Å². The van der Waals surface area contributed by atoms with E-state index in [1.165, 1.54) is 64.6 Å². The molecule has 15 heavy (non-hydrogen) atoms. The molecule has 3 rings (SSSR count). The Morgan fingerprint density at radius 2 is 1.73 bits per heavy atom. The summed E-state index contributed by atoms with van der Waals surface area (Å²) in [5.41, 5.74) is 0. The molecule has 1 atom stereocenters. The first-order valence-corrected chi connectivity index (χ1v) is 6.90. The summed E-state index contributed by atoms with van der Waals surface area (Å²) in [6, 6.07) is 1.84. The van der Waals surface area contributed by atoms with Crippen molar-refractivity contribution in [3.05, 3.63) is 0 Å². The Bertz CT molecular complexity index is 201. The van der Waals surface area contributed by atoms with Gasteiger partial charge in [-0.15, -0.1) is 0 Å². The van der Waals surface area contributed by atoms with Crippen LogP contribution < -0.4 is 5.32 Å². The summed E-state index contributed by atoms with van der Waals surface area (Å²) in [5, 5.41) is 3.52. The minimum absolute atomic E-state index is 0.873. The molecule has 0 bridgehead atoms. The largest absolute Gasteiger partial charge is 0.315 e. The predicted molar refractivity (Wildman–Crippen MR) is 63.0 cm³/mol. The summed E-state index contributed by atoms with van der Waals surface area (Å²) in [4.78, 5) is 2.86. The third-order valence-corrected chi connectivity index (χ3v) is 4.46. The van der Waals surface area contributed by atoms with Gasteiger partial charge >= 0.3 is 0 Å². The third kappa shape index (κ3) is 2.36. The fraction of sp³-hybridized carbons (Fsp3) is 1.00. The standard InChI is InChI=1S/C13H24N2/c1-2-4-11(3-1)10-15(12-5-6-12)13-7-8-14-9-13/h11-14H,1-10H2. The zero-order valence-electron chi connectivity index (χ0n) is 9.75. The fourth-order valence-electron chi connectivity index (χ4n) is 3.42. The Morgan fingerprint density at radius 1 is 0.933 bits per heavy atom. The van der Waals surface area contributed by atoms with E-state index in [1.54, 1.807) is 0 Å². The summed E-state index contributed by atoms with van der Waals surface area (Å²) in [6.45, 7) is 3.92. The molecule has 0 radical (unpaired) electrons. The molecular weight excluding hydrogens is 184 g/mol. The number of nitrogens with zero attached hydrogens (tertiary/aromatic N) is 1. The van der Waals surface area contributed by atoms with E-state index in [-0.39, 0.29) is 0 Å². The average Bonchev–Trinajstić information content (AvgIpc) is 2.78. The zero-order valence-corrected chi connectivity index (χ0v) is 9.75. The highest BCUT2D eigenvalue weighted by Gasteiger charge is 2.36. The van der Waals surface area contributed by atoms with E-state index in [1.807, 2.05) is 0 Å². The molecule has 1 N–H and O–H groups in total. The molecule has 1 saturated heterocycles. The van der Waals surface area contributed by atoms with Crippen molar-refractivity contribution in [3.8, 4) is 0 Å². The van der Waals surface area contributed by atoms with Crippen LogP contribution in [-0.4, -0.2) is 36.6 Å². The van der Waals surface area contributed by atoms with E-state index >= 15 is 0 Å². The van der Waals surface area contributed by atoms with Crippen molar-refractivity contribution < 1.29 is 0 Å². The lowest BCUT2D eigenvalue weighted by atomic mass is 10.1. The minimum atomic E-state index is 0.873. The molecule has 0 spiro atoms. The van der Waals surface area contributed by atoms with Gasteiger partial charge in [-0.2, -0.15) is 0 Å². The van der Waals surface area contributed by atoms with Gasteiger partial charge in [-0.1, -0.05) is 12.8 Å². The van der Waals surface area contributed by atoms with E-state index in [2.05, 4.69) is 10.2 Å². The minimum Gasteiger partial charge on any atom is -0.315 e. The van der Waals surface area contributed by atoms with Gasteiger partial charge in [0.15, 0.2) is 0 Å². The normalized spacial score (nSPS) is 33.0. The molecule has 1 aliphatic heterocycles. The van der Waals surface area contributed by atoms with Crippen molar-refractivity contribution >= 4 is 0 Å². The maximum Gasteiger partial charge on any atom is 0.0235 e. The molecule has 2 aliphatic carbocycles. The van der Waals surface area contributed by atoms with Crippen LogP contribution in [0.2, 0.25) is 0 Å². The first-order chi connectivity index (χ1) is 7.43. The second kappa shape index (κ2) is 4.42. The van der Waals surface area contributed by atoms with E-state index in [9.17, 15) is 0 Å². The third-order valence-electron chi connectivity index (χ3n) is 4.46. The van der Waals surface area contributed by atoms with Crippen molar-refractivity contribution in [2.24, 2.45) is 5.92 Å². The Morgan fingerprint density at radius 3 is 2.33 bits per heavy atom. The van der Waals surface area contributed by atoms with Gasteiger partial charge in [0, 0.05) is 25.2 Å². The van der Waals surface area contributed by atoms with Gasteiger partial charge < -0.3 is 5.32 Å². The molecule has 3 fully saturated rings. The van der Waals surface area contributed by atoms with Crippen molar-refractivity contribution in [3.63, 3.8) is 0 Å². The van der Waals surface area contributed by atoms with Gasteiger partial charge in [0.25, 0.3) is 0 Å². The van der Waals surface area contributed by atoms with Crippen molar-refractivity contribution in [2.45, 2.75) is 57.0 Å². The van der Waals surface area contributed by atoms with Gasteiger partial charge in [-0.3, -0.25) is 4.90 Å². The van der Waals surface area contributed by atoms with Gasteiger partial charge in [0.05, 0.1) is 0 Å². The van der Waals surface area contributed by atoms with Crippen LogP contribution in [0.4, 0.5) is 0 Å². The topological polar surface area (TPSA) is 15.3 Å². The molecule has 86 valence electrons. The molecule has 2 saturated carbocycles. The zero-order chi connectivity index (χ0) is 10.1. The summed E-state index contributed by atoms with van der Waals surface area (Å²) in [7, 11) is 0. The quantitative estimate of drug-likeness (QED) is 0.760. The second-order valence-electron chi connectivity index (χ2n) is 5.73. The van der Waals surface area contributed by atoms with Gasteiger partial charge in [-0.05, 0) is 44.6 Å². The average molecular weight is 208 g/mol. The van der Waals surface area contributed by atoms with Crippen LogP contribution in [0.5, 0.6) is 0 Å². The van der Waals surface area contributed by atoms with Crippen LogP contribution in [0.3, 0.4) is 0 Å². The first-order valence-electron chi connectivity index (χ1n) is 6.90. The van der Waals surface area contributed by atoms with E-state index < -0.39 is 0 Å². The Labute approximate surface area is 93.4 Å². The SMILES string of the molecule is C1CCC(CN(C2CC2)C2CCNC2)C1. The number of nitrogens with one attached hydrogen (secondary N) is 1. The first kappa shape index (κ1) is 10.1. The Kier molecular flexibility index (Phi) is 2.98. The smallest absolute Gasteiger partial charge is 0.0235 e. The molecular formula is C13H24N2. The summed E-state index contributed by atoms with van der Waals surface area (Å²) >= 11 is 0. The van der Waals surface area contributed by atoms with Crippen LogP contribution >= 0.6 is 0 Å². The van der Waals surface area contributed by atoms with Gasteiger partial charge in [-0.25, -0.2) is 0 Å². The lowest BCUT2D eigenvalue weighted by Crippen LogP contribution is -2.41. The van der Waals surface area contributed by atoms with Crippen LogP contribution in [0.1, 0.15) is 44.9 Å². The summed E-state index contributed by atoms with van der Waals surface area (Å²) in [6.07, 6.45) is 10.3. The maximum atomic E-state index is 3.52. The Hall–Kier alpha value is -0.0800. The molecule has 2 heteroatoms. The predicted octanol–water partition coefficient (Wildman–Crippen LogP) is 2.00. The molecule has 0 aromatic rings. The van der Waals surface area contributed by atoms with Crippen LogP contribution in [-0.2, 0) is 0 Å². The maximum absolute atomic E-state index is 3.52. The van der Waals surface area contributed by atoms with Crippen LogP contribution in [0.15, 0.2) is 0 Å². The lowest BCUT2D eigenvalue weighted by molar-refractivity contribution is 0.167. The van der Waals surface area contributed by atoms with Crippen molar-refractivity contribution in [1.29, 1.82) is 0 Å². The molecule has 0 aromatic carbocycles. The van der Waals surface area contributed by atoms with Crippen molar-refractivity contribution in [1.82, 2.24) is 10.2 Å². The number of rotatable bonds is 4. The van der Waals surface area contributed by atoms with Crippen molar-refractivity contribution in [2.75, 3.05) is 19.6 Å². The highest BCUT2D eigenvalue weighted by atomic mass is 15.2. The Balaban J connectivity index is 1.57. The molecule has 1 unspecified atom stereocenters. The monoisotopic (exact) mass is 208 g/mol. The highest BCUT2D eigenvalue weighted by Crippen LogP contribution is 2.34.